The van der Waals surface area contributed by atoms with E-state index in [0.717, 1.165) is 15.4 Å². The van der Waals surface area contributed by atoms with Gasteiger partial charge in [0.15, 0.2) is 0 Å². The summed E-state index contributed by atoms with van der Waals surface area (Å²) < 4.78 is 25.7. The van der Waals surface area contributed by atoms with E-state index in [0.29, 0.717) is 16.8 Å². The minimum atomic E-state index is -0.434. The standard InChI is InChI=1S/C20H19BrFNO3/c1-12(2)26-20(24)19-16(15-8-7-14(21)9-18(15)23-19)11-25-10-13-5-3-4-6-17(13)22/h3-9,12,23H,10-11H2,1-2H3. The predicted molar refractivity (Wildman–Crippen MR) is 101 cm³/mol. The average Bonchev–Trinajstić information content (AvgIpc) is 2.94. The molecule has 0 aliphatic carbocycles. The van der Waals surface area contributed by atoms with Crippen LogP contribution in [-0.2, 0) is 22.7 Å². The van der Waals surface area contributed by atoms with Crippen molar-refractivity contribution >= 4 is 32.8 Å². The molecule has 0 unspecified atom stereocenters. The normalized spacial score (nSPS) is 11.3. The average molecular weight is 420 g/mol. The molecule has 0 aliphatic heterocycles. The highest BCUT2D eigenvalue weighted by molar-refractivity contribution is 9.10. The first-order valence-corrected chi connectivity index (χ1v) is 9.07. The number of fused-ring (bicyclic) bond motifs is 1. The van der Waals surface area contributed by atoms with Gasteiger partial charge >= 0.3 is 5.97 Å². The number of esters is 1. The molecule has 2 aromatic carbocycles. The van der Waals surface area contributed by atoms with Crippen LogP contribution < -0.4 is 0 Å². The Labute approximate surface area is 159 Å². The van der Waals surface area contributed by atoms with Crippen LogP contribution in [-0.4, -0.2) is 17.1 Å². The van der Waals surface area contributed by atoms with Gasteiger partial charge in [-0.3, -0.25) is 0 Å². The highest BCUT2D eigenvalue weighted by Crippen LogP contribution is 2.27. The zero-order chi connectivity index (χ0) is 18.7. The Morgan fingerprint density at radius 3 is 2.69 bits per heavy atom. The fourth-order valence-corrected chi connectivity index (χ4v) is 3.06. The number of halogens is 2. The van der Waals surface area contributed by atoms with E-state index in [-0.39, 0.29) is 25.1 Å². The summed E-state index contributed by atoms with van der Waals surface area (Å²) in [6.45, 7) is 3.88. The number of hydrogen-bond acceptors (Lipinski definition) is 3. The quantitative estimate of drug-likeness (QED) is 0.547. The summed E-state index contributed by atoms with van der Waals surface area (Å²) in [6, 6.07) is 12.2. The van der Waals surface area contributed by atoms with Crippen LogP contribution in [0.2, 0.25) is 0 Å². The number of ether oxygens (including phenoxy) is 2. The lowest BCUT2D eigenvalue weighted by atomic mass is 10.1. The van der Waals surface area contributed by atoms with Crippen molar-refractivity contribution in [3.8, 4) is 0 Å². The van der Waals surface area contributed by atoms with Crippen LogP contribution in [0.4, 0.5) is 4.39 Å². The van der Waals surface area contributed by atoms with E-state index in [4.69, 9.17) is 9.47 Å². The molecule has 0 bridgehead atoms. The maximum Gasteiger partial charge on any atom is 0.355 e. The molecular formula is C20H19BrFNO3. The third kappa shape index (κ3) is 4.14. The fourth-order valence-electron chi connectivity index (χ4n) is 2.70. The van der Waals surface area contributed by atoms with Crippen LogP contribution in [0.3, 0.4) is 0 Å². The molecule has 0 spiro atoms. The molecule has 3 aromatic rings. The van der Waals surface area contributed by atoms with Gasteiger partial charge in [0.05, 0.1) is 19.3 Å². The largest absolute Gasteiger partial charge is 0.458 e. The molecule has 26 heavy (non-hydrogen) atoms. The molecule has 0 fully saturated rings. The van der Waals surface area contributed by atoms with Gasteiger partial charge in [0.1, 0.15) is 11.5 Å². The van der Waals surface area contributed by atoms with Crippen molar-refractivity contribution in [2.24, 2.45) is 0 Å². The van der Waals surface area contributed by atoms with E-state index >= 15 is 0 Å². The number of benzene rings is 2. The molecule has 0 amide bonds. The molecule has 6 heteroatoms. The number of nitrogens with one attached hydrogen (secondary N) is 1. The summed E-state index contributed by atoms with van der Waals surface area (Å²) in [4.78, 5) is 15.5. The fraction of sp³-hybridized carbons (Fsp3) is 0.250. The Morgan fingerprint density at radius 1 is 1.19 bits per heavy atom. The van der Waals surface area contributed by atoms with Crippen molar-refractivity contribution < 1.29 is 18.7 Å². The highest BCUT2D eigenvalue weighted by atomic mass is 79.9. The van der Waals surface area contributed by atoms with Crippen LogP contribution in [0.25, 0.3) is 10.9 Å². The number of aromatic amines is 1. The second-order valence-corrected chi connectivity index (χ2v) is 7.12. The summed E-state index contributed by atoms with van der Waals surface area (Å²) in [5.74, 6) is -0.744. The lowest BCUT2D eigenvalue weighted by Gasteiger charge is -2.09. The van der Waals surface area contributed by atoms with Gasteiger partial charge < -0.3 is 14.5 Å². The molecule has 4 nitrogen and oxygen atoms in total. The lowest BCUT2D eigenvalue weighted by Crippen LogP contribution is -2.14. The molecule has 1 N–H and O–H groups in total. The SMILES string of the molecule is CC(C)OC(=O)c1[nH]c2cc(Br)ccc2c1COCc1ccccc1F. The topological polar surface area (TPSA) is 51.3 Å². The Balaban J connectivity index is 1.87. The summed E-state index contributed by atoms with van der Waals surface area (Å²) >= 11 is 3.43. The zero-order valence-corrected chi connectivity index (χ0v) is 16.1. The van der Waals surface area contributed by atoms with Gasteiger partial charge in [0, 0.05) is 26.5 Å². The number of hydrogen-bond donors (Lipinski definition) is 1. The molecule has 3 rings (SSSR count). The van der Waals surface area contributed by atoms with Gasteiger partial charge in [-0.05, 0) is 32.0 Å². The minimum absolute atomic E-state index is 0.120. The number of H-pyrrole nitrogens is 1. The van der Waals surface area contributed by atoms with Gasteiger partial charge in [-0.25, -0.2) is 9.18 Å². The number of aromatic nitrogens is 1. The molecule has 0 aliphatic rings. The van der Waals surface area contributed by atoms with Gasteiger partial charge in [-0.15, -0.1) is 0 Å². The molecule has 1 aromatic heterocycles. The maximum atomic E-state index is 13.7. The molecule has 0 saturated carbocycles. The van der Waals surface area contributed by atoms with E-state index < -0.39 is 5.97 Å². The van der Waals surface area contributed by atoms with Crippen molar-refractivity contribution in [1.82, 2.24) is 4.98 Å². The number of carbonyl (C=O) groups excluding carboxylic acids is 1. The van der Waals surface area contributed by atoms with Crippen LogP contribution in [0.5, 0.6) is 0 Å². The second-order valence-electron chi connectivity index (χ2n) is 6.21. The van der Waals surface area contributed by atoms with Crippen LogP contribution in [0.15, 0.2) is 46.9 Å². The van der Waals surface area contributed by atoms with Gasteiger partial charge in [-0.1, -0.05) is 40.2 Å². The van der Waals surface area contributed by atoms with Gasteiger partial charge in [0.2, 0.25) is 0 Å². The van der Waals surface area contributed by atoms with Gasteiger partial charge in [0.25, 0.3) is 0 Å². The van der Waals surface area contributed by atoms with E-state index in [1.807, 2.05) is 18.2 Å². The van der Waals surface area contributed by atoms with E-state index in [1.165, 1.54) is 6.07 Å². The number of rotatable bonds is 6. The minimum Gasteiger partial charge on any atom is -0.458 e. The first-order chi connectivity index (χ1) is 12.5. The third-order valence-corrected chi connectivity index (χ3v) is 4.37. The van der Waals surface area contributed by atoms with Crippen LogP contribution >= 0.6 is 15.9 Å². The first-order valence-electron chi connectivity index (χ1n) is 8.28. The van der Waals surface area contributed by atoms with Crippen molar-refractivity contribution in [2.45, 2.75) is 33.2 Å². The maximum absolute atomic E-state index is 13.7. The van der Waals surface area contributed by atoms with Crippen LogP contribution in [0.1, 0.15) is 35.5 Å². The molecule has 136 valence electrons. The van der Waals surface area contributed by atoms with E-state index in [9.17, 15) is 9.18 Å². The Bertz CT molecular complexity index is 936. The molecule has 0 atom stereocenters. The highest BCUT2D eigenvalue weighted by Gasteiger charge is 2.20. The van der Waals surface area contributed by atoms with Gasteiger partial charge in [-0.2, -0.15) is 0 Å². The summed E-state index contributed by atoms with van der Waals surface area (Å²) in [6.07, 6.45) is -0.229. The molecule has 1 heterocycles. The van der Waals surface area contributed by atoms with E-state index in [2.05, 4.69) is 20.9 Å². The Morgan fingerprint density at radius 2 is 1.96 bits per heavy atom. The lowest BCUT2D eigenvalue weighted by molar-refractivity contribution is 0.0364. The zero-order valence-electron chi connectivity index (χ0n) is 14.5. The first kappa shape index (κ1) is 18.6. The monoisotopic (exact) mass is 419 g/mol. The Hall–Kier alpha value is -2.18. The molecule has 0 radical (unpaired) electrons. The smallest absolute Gasteiger partial charge is 0.355 e. The Kier molecular flexibility index (Phi) is 5.74. The van der Waals surface area contributed by atoms with Crippen molar-refractivity contribution in [3.63, 3.8) is 0 Å². The number of carbonyl (C=O) groups is 1. The summed E-state index contributed by atoms with van der Waals surface area (Å²) in [5.41, 5.74) is 2.34. The second kappa shape index (κ2) is 8.01. The van der Waals surface area contributed by atoms with Crippen molar-refractivity contribution in [2.75, 3.05) is 0 Å². The predicted octanol–water partition coefficient (Wildman–Crippen LogP) is 5.35. The van der Waals surface area contributed by atoms with Crippen molar-refractivity contribution in [3.05, 3.63) is 69.6 Å². The molecule has 0 saturated heterocycles. The van der Waals surface area contributed by atoms with E-state index in [1.54, 1.807) is 32.0 Å². The van der Waals surface area contributed by atoms with Crippen LogP contribution in [0, 0.1) is 5.82 Å². The van der Waals surface area contributed by atoms with Crippen molar-refractivity contribution in [1.29, 1.82) is 0 Å². The summed E-state index contributed by atoms with van der Waals surface area (Å²) in [5, 5.41) is 0.873. The third-order valence-electron chi connectivity index (χ3n) is 3.88. The summed E-state index contributed by atoms with van der Waals surface area (Å²) in [7, 11) is 0. The molecular weight excluding hydrogens is 401 g/mol.